The lowest BCUT2D eigenvalue weighted by atomic mass is 10.2. The fraction of sp³-hybridized carbons (Fsp3) is 0.182. The highest BCUT2D eigenvalue weighted by molar-refractivity contribution is 7.99. The third kappa shape index (κ3) is 4.95. The van der Waals surface area contributed by atoms with E-state index in [1.54, 1.807) is 41.1 Å². The van der Waals surface area contributed by atoms with Crippen molar-refractivity contribution in [2.45, 2.75) is 18.6 Å². The Bertz CT molecular complexity index is 1290. The molecule has 164 valence electrons. The highest BCUT2D eigenvalue weighted by Gasteiger charge is 2.13. The molecule has 0 unspecified atom stereocenters. The number of rotatable bonds is 8. The Kier molecular flexibility index (Phi) is 6.77. The van der Waals surface area contributed by atoms with Crippen molar-refractivity contribution in [3.63, 3.8) is 0 Å². The summed E-state index contributed by atoms with van der Waals surface area (Å²) in [5.41, 5.74) is 1.53. The molecule has 1 N–H and O–H groups in total. The van der Waals surface area contributed by atoms with Gasteiger partial charge in [0.15, 0.2) is 5.16 Å². The number of halogens is 1. The van der Waals surface area contributed by atoms with Crippen LogP contribution in [0.3, 0.4) is 0 Å². The van der Waals surface area contributed by atoms with Crippen molar-refractivity contribution in [1.29, 1.82) is 0 Å². The maximum atomic E-state index is 12.9. The van der Waals surface area contributed by atoms with Gasteiger partial charge in [-0.1, -0.05) is 35.5 Å². The first-order chi connectivity index (χ1) is 15.5. The van der Waals surface area contributed by atoms with Crippen molar-refractivity contribution < 1.29 is 9.53 Å². The zero-order valence-corrected chi connectivity index (χ0v) is 18.8. The van der Waals surface area contributed by atoms with Crippen molar-refractivity contribution >= 4 is 34.9 Å². The van der Waals surface area contributed by atoms with Crippen LogP contribution in [0.1, 0.15) is 12.5 Å². The van der Waals surface area contributed by atoms with Crippen LogP contribution in [0, 0.1) is 0 Å². The number of hydrogen-bond acceptors (Lipinski definition) is 6. The number of carbonyl (C=O) groups is 1. The van der Waals surface area contributed by atoms with E-state index < -0.39 is 0 Å². The average Bonchev–Trinajstić information content (AvgIpc) is 3.22. The standard InChI is InChI=1S/C22H20ClN5O3S/c1-2-31-18-9-7-17(8-10-18)27-11-12-28-20(21(27)30)25-26-22(28)32-14-19(29)24-13-15-3-5-16(23)6-4-15/h3-12H,2,13-14H2,1H3,(H,24,29). The molecular formula is C22H20ClN5O3S. The van der Waals surface area contributed by atoms with E-state index in [0.717, 1.165) is 11.3 Å². The molecular weight excluding hydrogens is 450 g/mol. The van der Waals surface area contributed by atoms with Gasteiger partial charge in [-0.05, 0) is 48.9 Å². The first-order valence-corrected chi connectivity index (χ1v) is 11.2. The Morgan fingerprint density at radius 3 is 2.56 bits per heavy atom. The predicted octanol–water partition coefficient (Wildman–Crippen LogP) is 3.34. The van der Waals surface area contributed by atoms with Gasteiger partial charge < -0.3 is 10.1 Å². The van der Waals surface area contributed by atoms with Gasteiger partial charge in [-0.2, -0.15) is 0 Å². The maximum absolute atomic E-state index is 12.9. The normalized spacial score (nSPS) is 10.9. The van der Waals surface area contributed by atoms with Gasteiger partial charge in [-0.3, -0.25) is 18.6 Å². The molecule has 0 aliphatic carbocycles. The van der Waals surface area contributed by atoms with E-state index in [1.807, 2.05) is 31.2 Å². The summed E-state index contributed by atoms with van der Waals surface area (Å²) in [5, 5.41) is 12.1. The monoisotopic (exact) mass is 469 g/mol. The summed E-state index contributed by atoms with van der Waals surface area (Å²) in [6, 6.07) is 14.5. The number of benzene rings is 2. The highest BCUT2D eigenvalue weighted by atomic mass is 35.5. The summed E-state index contributed by atoms with van der Waals surface area (Å²) in [6.07, 6.45) is 3.36. The van der Waals surface area contributed by atoms with E-state index in [1.165, 1.54) is 16.3 Å². The van der Waals surface area contributed by atoms with Gasteiger partial charge in [0.2, 0.25) is 11.6 Å². The molecule has 0 atom stereocenters. The molecule has 4 rings (SSSR count). The molecule has 4 aromatic rings. The van der Waals surface area contributed by atoms with E-state index in [9.17, 15) is 9.59 Å². The second kappa shape index (κ2) is 9.88. The number of ether oxygens (including phenoxy) is 1. The lowest BCUT2D eigenvalue weighted by molar-refractivity contribution is -0.118. The smallest absolute Gasteiger partial charge is 0.300 e. The van der Waals surface area contributed by atoms with E-state index in [4.69, 9.17) is 16.3 Å². The van der Waals surface area contributed by atoms with Gasteiger partial charge in [0, 0.05) is 29.6 Å². The van der Waals surface area contributed by atoms with Crippen LogP contribution in [-0.2, 0) is 11.3 Å². The average molecular weight is 470 g/mol. The van der Waals surface area contributed by atoms with Crippen molar-refractivity contribution in [3.8, 4) is 11.4 Å². The Morgan fingerprint density at radius 1 is 1.09 bits per heavy atom. The summed E-state index contributed by atoms with van der Waals surface area (Å²) < 4.78 is 8.52. The number of amides is 1. The van der Waals surface area contributed by atoms with Gasteiger partial charge in [0.1, 0.15) is 5.75 Å². The molecule has 0 radical (unpaired) electrons. The fourth-order valence-corrected chi connectivity index (χ4v) is 3.89. The molecule has 2 aromatic heterocycles. The fourth-order valence-electron chi connectivity index (χ4n) is 3.02. The van der Waals surface area contributed by atoms with Crippen LogP contribution in [0.25, 0.3) is 11.3 Å². The Balaban J connectivity index is 1.43. The topological polar surface area (TPSA) is 90.5 Å². The first-order valence-electron chi connectivity index (χ1n) is 9.88. The minimum atomic E-state index is -0.303. The van der Waals surface area contributed by atoms with Gasteiger partial charge in [-0.25, -0.2) is 0 Å². The van der Waals surface area contributed by atoms with Gasteiger partial charge in [0.05, 0.1) is 12.4 Å². The molecule has 0 fully saturated rings. The van der Waals surface area contributed by atoms with E-state index in [-0.39, 0.29) is 22.9 Å². The molecule has 32 heavy (non-hydrogen) atoms. The lowest BCUT2D eigenvalue weighted by Gasteiger charge is -2.08. The molecule has 0 saturated carbocycles. The molecule has 0 bridgehead atoms. The number of thioether (sulfide) groups is 1. The van der Waals surface area contributed by atoms with Crippen LogP contribution in [-0.4, -0.2) is 37.4 Å². The number of hydrogen-bond donors (Lipinski definition) is 1. The third-order valence-electron chi connectivity index (χ3n) is 4.60. The van der Waals surface area contributed by atoms with E-state index in [2.05, 4.69) is 15.5 Å². The number of nitrogens with one attached hydrogen (secondary N) is 1. The van der Waals surface area contributed by atoms with Crippen molar-refractivity contribution in [3.05, 3.63) is 81.9 Å². The van der Waals surface area contributed by atoms with Crippen LogP contribution in [0.2, 0.25) is 5.02 Å². The van der Waals surface area contributed by atoms with E-state index in [0.29, 0.717) is 29.0 Å². The third-order valence-corrected chi connectivity index (χ3v) is 5.80. The zero-order chi connectivity index (χ0) is 22.5. The Morgan fingerprint density at radius 2 is 1.84 bits per heavy atom. The molecule has 1 amide bonds. The van der Waals surface area contributed by atoms with Crippen LogP contribution in [0.4, 0.5) is 0 Å². The van der Waals surface area contributed by atoms with Crippen LogP contribution in [0.15, 0.2) is 70.9 Å². The summed E-state index contributed by atoms with van der Waals surface area (Å²) in [7, 11) is 0. The SMILES string of the molecule is CCOc1ccc(-n2ccn3c(SCC(=O)NCc4ccc(Cl)cc4)nnc3c2=O)cc1. The molecule has 0 aliphatic rings. The number of carbonyl (C=O) groups excluding carboxylic acids is 1. The summed E-state index contributed by atoms with van der Waals surface area (Å²) >= 11 is 7.08. The van der Waals surface area contributed by atoms with Crippen LogP contribution in [0.5, 0.6) is 5.75 Å². The quantitative estimate of drug-likeness (QED) is 0.398. The molecule has 10 heteroatoms. The van der Waals surface area contributed by atoms with Crippen LogP contribution < -0.4 is 15.6 Å². The predicted molar refractivity (Wildman–Crippen MR) is 124 cm³/mol. The van der Waals surface area contributed by atoms with Gasteiger partial charge >= 0.3 is 5.56 Å². The van der Waals surface area contributed by atoms with Crippen molar-refractivity contribution in [2.24, 2.45) is 0 Å². The number of fused-ring (bicyclic) bond motifs is 1. The van der Waals surface area contributed by atoms with Crippen molar-refractivity contribution in [2.75, 3.05) is 12.4 Å². The summed E-state index contributed by atoms with van der Waals surface area (Å²) in [4.78, 5) is 25.1. The minimum absolute atomic E-state index is 0.149. The zero-order valence-electron chi connectivity index (χ0n) is 17.2. The van der Waals surface area contributed by atoms with Crippen molar-refractivity contribution in [1.82, 2.24) is 24.5 Å². The molecule has 2 heterocycles. The Labute approximate surface area is 193 Å². The number of aromatic nitrogens is 4. The first kappa shape index (κ1) is 21.9. The molecule has 0 aliphatic heterocycles. The molecule has 2 aromatic carbocycles. The highest BCUT2D eigenvalue weighted by Crippen LogP contribution is 2.17. The molecule has 0 saturated heterocycles. The van der Waals surface area contributed by atoms with Gasteiger partial charge in [-0.15, -0.1) is 10.2 Å². The molecule has 8 nitrogen and oxygen atoms in total. The second-order valence-electron chi connectivity index (χ2n) is 6.77. The minimum Gasteiger partial charge on any atom is -0.494 e. The molecule has 0 spiro atoms. The maximum Gasteiger partial charge on any atom is 0.300 e. The summed E-state index contributed by atoms with van der Waals surface area (Å²) in [6.45, 7) is 2.89. The van der Waals surface area contributed by atoms with Crippen LogP contribution >= 0.6 is 23.4 Å². The number of nitrogens with zero attached hydrogens (tertiary/aromatic N) is 4. The Hall–Kier alpha value is -3.30. The summed E-state index contributed by atoms with van der Waals surface area (Å²) in [5.74, 6) is 0.737. The second-order valence-corrected chi connectivity index (χ2v) is 8.15. The largest absolute Gasteiger partial charge is 0.494 e. The van der Waals surface area contributed by atoms with Gasteiger partial charge in [0.25, 0.3) is 0 Å². The lowest BCUT2D eigenvalue weighted by Crippen LogP contribution is -2.24. The van der Waals surface area contributed by atoms with E-state index >= 15 is 0 Å².